The number of para-hydroxylation sites is 1. The maximum absolute atomic E-state index is 13.2. The number of amides is 1. The fraction of sp³-hybridized carbons (Fsp3) is 0.667. The lowest BCUT2D eigenvalue weighted by atomic mass is 10.0. The zero-order valence-corrected chi connectivity index (χ0v) is 17.6. The van der Waals surface area contributed by atoms with Crippen LogP contribution in [-0.4, -0.2) is 61.1 Å². The van der Waals surface area contributed by atoms with Crippen molar-refractivity contribution in [2.45, 2.75) is 57.7 Å². The molecule has 1 atom stereocenters. The summed E-state index contributed by atoms with van der Waals surface area (Å²) in [5.74, 6) is 1.17. The van der Waals surface area contributed by atoms with Gasteiger partial charge in [0.05, 0.1) is 19.7 Å². The molecule has 0 spiro atoms. The first kappa shape index (κ1) is 22.0. The van der Waals surface area contributed by atoms with Crippen LogP contribution in [0.5, 0.6) is 5.75 Å². The van der Waals surface area contributed by atoms with Crippen LogP contribution in [-0.2, 0) is 4.79 Å². The highest BCUT2D eigenvalue weighted by atomic mass is 35.5. The molecule has 1 aromatic rings. The lowest BCUT2D eigenvalue weighted by Gasteiger charge is -2.39. The Morgan fingerprint density at radius 1 is 1.30 bits per heavy atom. The molecule has 27 heavy (non-hydrogen) atoms. The van der Waals surface area contributed by atoms with E-state index in [1.165, 1.54) is 12.8 Å². The van der Waals surface area contributed by atoms with Gasteiger partial charge in [-0.15, -0.1) is 12.4 Å². The highest BCUT2D eigenvalue weighted by Crippen LogP contribution is 2.31. The molecule has 1 saturated carbocycles. The maximum atomic E-state index is 13.2. The molecule has 1 aromatic carbocycles. The van der Waals surface area contributed by atoms with Crippen LogP contribution in [0, 0.1) is 0 Å². The molecule has 5 nitrogen and oxygen atoms in total. The van der Waals surface area contributed by atoms with Crippen molar-refractivity contribution < 1.29 is 9.53 Å². The smallest absolute Gasteiger partial charge is 0.237 e. The Labute approximate surface area is 169 Å². The number of ether oxygens (including phenoxy) is 1. The highest BCUT2D eigenvalue weighted by molar-refractivity contribution is 5.85. The van der Waals surface area contributed by atoms with Crippen molar-refractivity contribution in [2.24, 2.45) is 0 Å². The molecule has 6 heteroatoms. The van der Waals surface area contributed by atoms with E-state index >= 15 is 0 Å². The SMILES string of the molecule is COc1ccccc1C1CNCCN1CC(=O)N(C(C)C)C1CCCC1.Cl. The van der Waals surface area contributed by atoms with Crippen LogP contribution in [0.2, 0.25) is 0 Å². The summed E-state index contributed by atoms with van der Waals surface area (Å²) in [5, 5.41) is 3.47. The molecule has 0 radical (unpaired) electrons. The monoisotopic (exact) mass is 395 g/mol. The van der Waals surface area contributed by atoms with Crippen molar-refractivity contribution in [1.82, 2.24) is 15.1 Å². The predicted octanol–water partition coefficient (Wildman–Crippen LogP) is 3.24. The van der Waals surface area contributed by atoms with Crippen molar-refractivity contribution in [1.29, 1.82) is 0 Å². The third kappa shape index (κ3) is 5.15. The summed E-state index contributed by atoms with van der Waals surface area (Å²) in [4.78, 5) is 17.7. The summed E-state index contributed by atoms with van der Waals surface area (Å²) in [6.07, 6.45) is 4.81. The standard InChI is InChI=1S/C21H33N3O2.ClH/c1-16(2)24(17-8-4-5-9-17)21(25)15-23-13-12-22-14-19(23)18-10-6-7-11-20(18)26-3;/h6-7,10-11,16-17,19,22H,4-5,8-9,12-15H2,1-3H3;1H. The lowest BCUT2D eigenvalue weighted by molar-refractivity contribution is -0.137. The van der Waals surface area contributed by atoms with Gasteiger partial charge in [-0.05, 0) is 32.8 Å². The van der Waals surface area contributed by atoms with Gasteiger partial charge in [-0.2, -0.15) is 0 Å². The zero-order valence-electron chi connectivity index (χ0n) is 16.8. The molecular weight excluding hydrogens is 362 g/mol. The predicted molar refractivity (Wildman–Crippen MR) is 112 cm³/mol. The molecule has 152 valence electrons. The van der Waals surface area contributed by atoms with E-state index in [1.807, 2.05) is 18.2 Å². The number of rotatable bonds is 6. The topological polar surface area (TPSA) is 44.8 Å². The number of carbonyl (C=O) groups is 1. The summed E-state index contributed by atoms with van der Waals surface area (Å²) in [7, 11) is 1.71. The molecule has 2 fully saturated rings. The van der Waals surface area contributed by atoms with E-state index in [2.05, 4.69) is 35.0 Å². The van der Waals surface area contributed by atoms with Crippen LogP contribution < -0.4 is 10.1 Å². The van der Waals surface area contributed by atoms with Crippen LogP contribution in [0.25, 0.3) is 0 Å². The quantitative estimate of drug-likeness (QED) is 0.803. The Bertz CT molecular complexity index is 605. The van der Waals surface area contributed by atoms with Gasteiger partial charge in [0, 0.05) is 37.3 Å². The number of piperazine rings is 1. The van der Waals surface area contributed by atoms with Gasteiger partial charge in [0.15, 0.2) is 0 Å². The van der Waals surface area contributed by atoms with Crippen LogP contribution in [0.3, 0.4) is 0 Å². The molecule has 2 aliphatic rings. The first-order valence-corrected chi connectivity index (χ1v) is 10.0. The number of nitrogens with zero attached hydrogens (tertiary/aromatic N) is 2. The number of hydrogen-bond donors (Lipinski definition) is 1. The largest absolute Gasteiger partial charge is 0.496 e. The number of benzene rings is 1. The summed E-state index contributed by atoms with van der Waals surface area (Å²) in [6.45, 7) is 7.42. The van der Waals surface area contributed by atoms with E-state index in [-0.39, 0.29) is 30.4 Å². The summed E-state index contributed by atoms with van der Waals surface area (Å²) >= 11 is 0. The molecule has 1 N–H and O–H groups in total. The summed E-state index contributed by atoms with van der Waals surface area (Å²) < 4.78 is 5.57. The van der Waals surface area contributed by atoms with E-state index in [1.54, 1.807) is 7.11 Å². The minimum Gasteiger partial charge on any atom is -0.496 e. The number of halogens is 1. The molecular formula is C21H34ClN3O2. The average Bonchev–Trinajstić information content (AvgIpc) is 3.16. The van der Waals surface area contributed by atoms with Crippen molar-refractivity contribution >= 4 is 18.3 Å². The minimum atomic E-state index is 0. The van der Waals surface area contributed by atoms with Gasteiger partial charge < -0.3 is 15.0 Å². The normalized spacial score (nSPS) is 21.1. The third-order valence-electron chi connectivity index (χ3n) is 5.75. The van der Waals surface area contributed by atoms with Gasteiger partial charge >= 0.3 is 0 Å². The molecule has 0 bridgehead atoms. The van der Waals surface area contributed by atoms with E-state index < -0.39 is 0 Å². The molecule has 0 aromatic heterocycles. The van der Waals surface area contributed by atoms with Gasteiger partial charge in [0.2, 0.25) is 5.91 Å². The zero-order chi connectivity index (χ0) is 18.5. The van der Waals surface area contributed by atoms with E-state index in [4.69, 9.17) is 4.74 Å². The van der Waals surface area contributed by atoms with Crippen molar-refractivity contribution in [3.63, 3.8) is 0 Å². The van der Waals surface area contributed by atoms with Gasteiger partial charge in [0.1, 0.15) is 5.75 Å². The fourth-order valence-electron chi connectivity index (χ4n) is 4.54. The van der Waals surface area contributed by atoms with Crippen molar-refractivity contribution in [3.8, 4) is 5.75 Å². The second-order valence-electron chi connectivity index (χ2n) is 7.77. The van der Waals surface area contributed by atoms with Crippen LogP contribution in [0.4, 0.5) is 0 Å². The van der Waals surface area contributed by atoms with Crippen LogP contribution in [0.1, 0.15) is 51.1 Å². The summed E-state index contributed by atoms with van der Waals surface area (Å²) in [6, 6.07) is 9.02. The van der Waals surface area contributed by atoms with Crippen molar-refractivity contribution in [3.05, 3.63) is 29.8 Å². The van der Waals surface area contributed by atoms with Crippen molar-refractivity contribution in [2.75, 3.05) is 33.3 Å². The Morgan fingerprint density at radius 3 is 2.67 bits per heavy atom. The molecule has 1 aliphatic heterocycles. The van der Waals surface area contributed by atoms with E-state index in [0.717, 1.165) is 43.8 Å². The Balaban J connectivity index is 0.00000261. The molecule has 1 amide bonds. The Morgan fingerprint density at radius 2 is 2.00 bits per heavy atom. The number of hydrogen-bond acceptors (Lipinski definition) is 4. The third-order valence-corrected chi connectivity index (χ3v) is 5.75. The second kappa shape index (κ2) is 10.3. The molecule has 1 unspecified atom stereocenters. The van der Waals surface area contributed by atoms with E-state index in [9.17, 15) is 4.79 Å². The number of methoxy groups -OCH3 is 1. The molecule has 1 aliphatic carbocycles. The lowest BCUT2D eigenvalue weighted by Crippen LogP contribution is -2.53. The fourth-order valence-corrected chi connectivity index (χ4v) is 4.54. The Kier molecular flexibility index (Phi) is 8.39. The minimum absolute atomic E-state index is 0. The maximum Gasteiger partial charge on any atom is 0.237 e. The first-order chi connectivity index (χ1) is 12.6. The average molecular weight is 396 g/mol. The van der Waals surface area contributed by atoms with Gasteiger partial charge in [-0.25, -0.2) is 0 Å². The van der Waals surface area contributed by atoms with Gasteiger partial charge in [-0.3, -0.25) is 9.69 Å². The highest BCUT2D eigenvalue weighted by Gasteiger charge is 2.33. The van der Waals surface area contributed by atoms with Crippen LogP contribution in [0.15, 0.2) is 24.3 Å². The van der Waals surface area contributed by atoms with E-state index in [0.29, 0.717) is 12.6 Å². The van der Waals surface area contributed by atoms with Crippen LogP contribution >= 0.6 is 12.4 Å². The summed E-state index contributed by atoms with van der Waals surface area (Å²) in [5.41, 5.74) is 1.16. The van der Waals surface area contributed by atoms with Gasteiger partial charge in [-0.1, -0.05) is 31.0 Å². The molecule has 1 heterocycles. The molecule has 1 saturated heterocycles. The second-order valence-corrected chi connectivity index (χ2v) is 7.77. The Hall–Kier alpha value is -1.30. The number of carbonyl (C=O) groups excluding carboxylic acids is 1. The first-order valence-electron chi connectivity index (χ1n) is 10.0. The molecule has 3 rings (SSSR count). The van der Waals surface area contributed by atoms with Gasteiger partial charge in [0.25, 0.3) is 0 Å². The number of nitrogens with one attached hydrogen (secondary N) is 1.